The zero-order chi connectivity index (χ0) is 39.6. The molecule has 12 rings (SSSR count). The molecule has 0 spiro atoms. The van der Waals surface area contributed by atoms with E-state index in [0.717, 1.165) is 76.9 Å². The molecule has 2 aromatic heterocycles. The number of benzene rings is 10. The fourth-order valence-corrected chi connectivity index (χ4v) is 9.06. The van der Waals surface area contributed by atoms with Gasteiger partial charge in [0.25, 0.3) is 0 Å². The lowest BCUT2D eigenvalue weighted by molar-refractivity contribution is 1.08. The van der Waals surface area contributed by atoms with Gasteiger partial charge < -0.3 is 0 Å². The van der Waals surface area contributed by atoms with Crippen molar-refractivity contribution >= 4 is 64.8 Å². The van der Waals surface area contributed by atoms with Crippen LogP contribution in [0.1, 0.15) is 0 Å². The molecule has 0 N–H and O–H groups in total. The van der Waals surface area contributed by atoms with E-state index in [1.807, 2.05) is 0 Å². The first-order chi connectivity index (χ1) is 29.7. The van der Waals surface area contributed by atoms with Crippen LogP contribution >= 0.6 is 0 Å². The Kier molecular flexibility index (Phi) is 7.82. The summed E-state index contributed by atoms with van der Waals surface area (Å²) in [4.78, 5) is 21.5. The molecule has 10 aromatic carbocycles. The van der Waals surface area contributed by atoms with E-state index in [2.05, 4.69) is 206 Å². The fraction of sp³-hybridized carbons (Fsp3) is 0. The van der Waals surface area contributed by atoms with Crippen molar-refractivity contribution in [3.05, 3.63) is 206 Å². The van der Waals surface area contributed by atoms with Crippen LogP contribution in [0.15, 0.2) is 206 Å². The van der Waals surface area contributed by atoms with E-state index in [4.69, 9.17) is 19.9 Å². The molecule has 0 unspecified atom stereocenters. The van der Waals surface area contributed by atoms with Crippen molar-refractivity contribution in [1.82, 2.24) is 19.9 Å². The molecule has 0 aliphatic rings. The maximum Gasteiger partial charge on any atom is 0.164 e. The van der Waals surface area contributed by atoms with Crippen molar-refractivity contribution < 1.29 is 0 Å². The molecule has 0 saturated heterocycles. The van der Waals surface area contributed by atoms with Gasteiger partial charge in [-0.1, -0.05) is 182 Å². The van der Waals surface area contributed by atoms with Gasteiger partial charge in [-0.15, -0.1) is 0 Å². The van der Waals surface area contributed by atoms with Crippen LogP contribution < -0.4 is 0 Å². The summed E-state index contributed by atoms with van der Waals surface area (Å²) in [6, 6.07) is 72.9. The second-order valence-corrected chi connectivity index (χ2v) is 15.4. The molecular weight excluding hydrogens is 729 g/mol. The molecule has 0 amide bonds. The lowest BCUT2D eigenvalue weighted by atomic mass is 9.91. The van der Waals surface area contributed by atoms with Crippen molar-refractivity contribution in [3.8, 4) is 56.5 Å². The van der Waals surface area contributed by atoms with Crippen molar-refractivity contribution in [2.24, 2.45) is 0 Å². The Morgan fingerprint density at radius 1 is 0.250 bits per heavy atom. The second-order valence-electron chi connectivity index (χ2n) is 15.4. The third-order valence-corrected chi connectivity index (χ3v) is 11.9. The fourth-order valence-electron chi connectivity index (χ4n) is 9.06. The highest BCUT2D eigenvalue weighted by Gasteiger charge is 2.20. The molecule has 0 saturated carbocycles. The highest BCUT2D eigenvalue weighted by molar-refractivity contribution is 6.22. The van der Waals surface area contributed by atoms with Crippen LogP contribution in [0.5, 0.6) is 0 Å². The molecule has 0 bridgehead atoms. The van der Waals surface area contributed by atoms with E-state index >= 15 is 0 Å². The van der Waals surface area contributed by atoms with Gasteiger partial charge in [0.15, 0.2) is 17.5 Å². The van der Waals surface area contributed by atoms with Crippen molar-refractivity contribution in [3.63, 3.8) is 0 Å². The number of fused-ring (bicyclic) bond motifs is 8. The van der Waals surface area contributed by atoms with Crippen molar-refractivity contribution in [2.45, 2.75) is 0 Å². The standard InChI is InChI=1S/C56H34N4/c1-5-21-42-35(14-1)18-11-26-45(42)39-32-40(53-50-31-30-38-17-4-8-24-46(38)52(50)49-25-9-10-29-51(49)57-53)34-41(33-39)54-58-55(47-27-12-19-36-15-2-6-22-43(36)47)60-56(59-54)48-28-13-20-37-16-3-7-23-44(37)48/h1-34H. The first-order valence-corrected chi connectivity index (χ1v) is 20.3. The summed E-state index contributed by atoms with van der Waals surface area (Å²) in [5, 5.41) is 12.6. The monoisotopic (exact) mass is 762 g/mol. The number of aromatic nitrogens is 4. The van der Waals surface area contributed by atoms with Gasteiger partial charge in [-0.05, 0) is 78.5 Å². The van der Waals surface area contributed by atoms with Crippen LogP contribution in [0.3, 0.4) is 0 Å². The van der Waals surface area contributed by atoms with Crippen molar-refractivity contribution in [2.75, 3.05) is 0 Å². The quantitative estimate of drug-likeness (QED) is 0.164. The molecule has 278 valence electrons. The van der Waals surface area contributed by atoms with E-state index < -0.39 is 0 Å². The molecule has 0 radical (unpaired) electrons. The molecule has 0 aliphatic carbocycles. The van der Waals surface area contributed by atoms with Gasteiger partial charge >= 0.3 is 0 Å². The topological polar surface area (TPSA) is 51.6 Å². The van der Waals surface area contributed by atoms with E-state index in [1.54, 1.807) is 0 Å². The Morgan fingerprint density at radius 2 is 0.683 bits per heavy atom. The summed E-state index contributed by atoms with van der Waals surface area (Å²) in [5.41, 5.74) is 7.83. The normalized spacial score (nSPS) is 11.7. The van der Waals surface area contributed by atoms with Crippen molar-refractivity contribution in [1.29, 1.82) is 0 Å². The largest absolute Gasteiger partial charge is 0.247 e. The molecule has 0 aliphatic heterocycles. The first-order valence-electron chi connectivity index (χ1n) is 20.3. The van der Waals surface area contributed by atoms with E-state index in [9.17, 15) is 0 Å². The van der Waals surface area contributed by atoms with Crippen LogP contribution in [0, 0.1) is 0 Å². The minimum absolute atomic E-state index is 0.592. The maximum absolute atomic E-state index is 5.46. The Morgan fingerprint density at radius 3 is 1.30 bits per heavy atom. The lowest BCUT2D eigenvalue weighted by Crippen LogP contribution is -2.01. The maximum atomic E-state index is 5.46. The van der Waals surface area contributed by atoms with Crippen LogP contribution in [-0.2, 0) is 0 Å². The molecular formula is C56H34N4. The van der Waals surface area contributed by atoms with Gasteiger partial charge in [0, 0.05) is 38.4 Å². The molecule has 4 nitrogen and oxygen atoms in total. The highest BCUT2D eigenvalue weighted by atomic mass is 15.0. The number of hydrogen-bond acceptors (Lipinski definition) is 4. The number of pyridine rings is 1. The molecule has 60 heavy (non-hydrogen) atoms. The number of para-hydroxylation sites is 1. The SMILES string of the molecule is c1ccc2c(-c3cc(-c4nc(-c5cccc6ccccc56)nc(-c5cccc6ccccc56)n4)cc(-c4nc5ccccc5c5c4ccc4ccccc45)c3)cccc2c1. The van der Waals surface area contributed by atoms with E-state index in [0.29, 0.717) is 17.5 Å². The average molecular weight is 763 g/mol. The minimum Gasteiger partial charge on any atom is -0.247 e. The summed E-state index contributed by atoms with van der Waals surface area (Å²) < 4.78 is 0. The van der Waals surface area contributed by atoms with Gasteiger partial charge in [-0.3, -0.25) is 0 Å². The summed E-state index contributed by atoms with van der Waals surface area (Å²) in [6.07, 6.45) is 0. The number of nitrogens with zero attached hydrogens (tertiary/aromatic N) is 4. The Hall–Kier alpha value is -8.08. The van der Waals surface area contributed by atoms with Gasteiger partial charge in [0.05, 0.1) is 11.2 Å². The van der Waals surface area contributed by atoms with Gasteiger partial charge in [0.1, 0.15) is 0 Å². The van der Waals surface area contributed by atoms with Crippen LogP contribution in [0.2, 0.25) is 0 Å². The minimum atomic E-state index is 0.592. The molecule has 2 heterocycles. The average Bonchev–Trinajstić information content (AvgIpc) is 3.32. The third kappa shape index (κ3) is 5.61. The first kappa shape index (κ1) is 34.0. The predicted molar refractivity (Wildman–Crippen MR) is 250 cm³/mol. The lowest BCUT2D eigenvalue weighted by Gasteiger charge is -2.16. The molecule has 12 aromatic rings. The molecule has 0 fully saturated rings. The third-order valence-electron chi connectivity index (χ3n) is 11.9. The van der Waals surface area contributed by atoms with Crippen LogP contribution in [-0.4, -0.2) is 19.9 Å². The summed E-state index contributed by atoms with van der Waals surface area (Å²) in [6.45, 7) is 0. The smallest absolute Gasteiger partial charge is 0.164 e. The van der Waals surface area contributed by atoms with Crippen LogP contribution in [0.25, 0.3) is 121 Å². The van der Waals surface area contributed by atoms with Gasteiger partial charge in [-0.25, -0.2) is 19.9 Å². The number of hydrogen-bond donors (Lipinski definition) is 0. The Balaban J connectivity index is 1.18. The molecule has 4 heteroatoms. The zero-order valence-electron chi connectivity index (χ0n) is 32.4. The highest BCUT2D eigenvalue weighted by Crippen LogP contribution is 2.41. The summed E-state index contributed by atoms with van der Waals surface area (Å²) in [7, 11) is 0. The predicted octanol–water partition coefficient (Wildman–Crippen LogP) is 14.5. The number of rotatable bonds is 5. The summed E-state index contributed by atoms with van der Waals surface area (Å²) in [5.74, 6) is 1.84. The zero-order valence-corrected chi connectivity index (χ0v) is 32.4. The van der Waals surface area contributed by atoms with E-state index in [-0.39, 0.29) is 0 Å². The Bertz CT molecular complexity index is 3550. The van der Waals surface area contributed by atoms with Crippen LogP contribution in [0.4, 0.5) is 0 Å². The Labute approximate surface area is 346 Å². The van der Waals surface area contributed by atoms with Gasteiger partial charge in [0.2, 0.25) is 0 Å². The molecule has 0 atom stereocenters. The van der Waals surface area contributed by atoms with E-state index in [1.165, 1.54) is 26.9 Å². The second kappa shape index (κ2) is 13.8. The summed E-state index contributed by atoms with van der Waals surface area (Å²) >= 11 is 0. The van der Waals surface area contributed by atoms with Gasteiger partial charge in [-0.2, -0.15) is 0 Å².